The molecule has 0 N–H and O–H groups in total. The van der Waals surface area contributed by atoms with Crippen molar-refractivity contribution in [2.75, 3.05) is 5.75 Å². The Kier molecular flexibility index (Phi) is 4.18. The third-order valence-electron chi connectivity index (χ3n) is 2.39. The highest BCUT2D eigenvalue weighted by Gasteiger charge is 2.14. The van der Waals surface area contributed by atoms with Crippen molar-refractivity contribution in [2.45, 2.75) is 25.2 Å². The molecule has 17 heavy (non-hydrogen) atoms. The first-order chi connectivity index (χ1) is 8.26. The maximum atomic E-state index is 13.9. The minimum Gasteiger partial charge on any atom is -0.244 e. The van der Waals surface area contributed by atoms with E-state index in [4.69, 9.17) is 0 Å². The zero-order valence-corrected chi connectivity index (χ0v) is 11.5. The largest absolute Gasteiger partial charge is 0.244 e. The Bertz CT molecular complexity index is 508. The van der Waals surface area contributed by atoms with Gasteiger partial charge in [0.1, 0.15) is 10.8 Å². The first kappa shape index (κ1) is 12.6. The molecule has 0 amide bonds. The van der Waals surface area contributed by atoms with Crippen LogP contribution in [0.4, 0.5) is 4.39 Å². The van der Waals surface area contributed by atoms with Crippen LogP contribution in [-0.2, 0) is 6.42 Å². The summed E-state index contributed by atoms with van der Waals surface area (Å²) in [7, 11) is 0. The number of halogens is 1. The number of aryl methyl sites for hydroxylation is 1. The Morgan fingerprint density at radius 1 is 1.35 bits per heavy atom. The summed E-state index contributed by atoms with van der Waals surface area (Å²) >= 11 is 3.23. The van der Waals surface area contributed by atoms with Crippen LogP contribution in [0.5, 0.6) is 0 Å². The molecule has 0 saturated heterocycles. The van der Waals surface area contributed by atoms with Gasteiger partial charge in [0.2, 0.25) is 0 Å². The number of hydrogen-bond donors (Lipinski definition) is 0. The summed E-state index contributed by atoms with van der Waals surface area (Å²) in [6.45, 7) is 4.15. The van der Waals surface area contributed by atoms with Crippen molar-refractivity contribution in [2.24, 2.45) is 0 Å². The summed E-state index contributed by atoms with van der Waals surface area (Å²) in [5, 5.41) is 0.788. The van der Waals surface area contributed by atoms with Crippen molar-refractivity contribution in [3.8, 4) is 10.6 Å². The first-order valence-electron chi connectivity index (χ1n) is 5.62. The Morgan fingerprint density at radius 3 is 2.82 bits per heavy atom. The summed E-state index contributed by atoms with van der Waals surface area (Å²) in [6, 6.07) is 5.22. The number of hydrogen-bond acceptors (Lipinski definition) is 3. The van der Waals surface area contributed by atoms with E-state index in [0.29, 0.717) is 5.56 Å². The Morgan fingerprint density at radius 2 is 2.18 bits per heavy atom. The monoisotopic (exact) mass is 267 g/mol. The van der Waals surface area contributed by atoms with Crippen LogP contribution in [0.3, 0.4) is 0 Å². The van der Waals surface area contributed by atoms with E-state index in [9.17, 15) is 4.39 Å². The van der Waals surface area contributed by atoms with E-state index in [1.807, 2.05) is 12.3 Å². The zero-order chi connectivity index (χ0) is 12.3. The molecule has 0 aliphatic rings. The molecule has 0 atom stereocenters. The van der Waals surface area contributed by atoms with Gasteiger partial charge in [-0.3, -0.25) is 0 Å². The molecule has 1 aromatic heterocycles. The van der Waals surface area contributed by atoms with Crippen molar-refractivity contribution in [3.05, 3.63) is 35.1 Å². The highest BCUT2D eigenvalue weighted by atomic mass is 32.2. The maximum absolute atomic E-state index is 13.9. The predicted molar refractivity (Wildman–Crippen MR) is 73.3 cm³/mol. The molecule has 2 rings (SSSR count). The second-order valence-electron chi connectivity index (χ2n) is 3.53. The van der Waals surface area contributed by atoms with E-state index in [1.54, 1.807) is 29.2 Å². The van der Waals surface area contributed by atoms with Crippen LogP contribution in [0.25, 0.3) is 10.6 Å². The highest BCUT2D eigenvalue weighted by Crippen LogP contribution is 2.35. The van der Waals surface area contributed by atoms with Gasteiger partial charge in [-0.15, -0.1) is 23.1 Å². The molecule has 1 heterocycles. The molecule has 0 aliphatic heterocycles. The minimum atomic E-state index is -0.180. The lowest BCUT2D eigenvalue weighted by Gasteiger charge is -2.06. The number of nitrogens with zero attached hydrogens (tertiary/aromatic N) is 1. The van der Waals surface area contributed by atoms with E-state index >= 15 is 0 Å². The van der Waals surface area contributed by atoms with Gasteiger partial charge in [-0.25, -0.2) is 9.37 Å². The van der Waals surface area contributed by atoms with Crippen LogP contribution in [0.1, 0.15) is 18.7 Å². The summed E-state index contributed by atoms with van der Waals surface area (Å²) in [6.07, 6.45) is 2.79. The fourth-order valence-electron chi connectivity index (χ4n) is 1.57. The van der Waals surface area contributed by atoms with Gasteiger partial charge in [-0.2, -0.15) is 0 Å². The first-order valence-corrected chi connectivity index (χ1v) is 7.42. The topological polar surface area (TPSA) is 12.9 Å². The van der Waals surface area contributed by atoms with E-state index in [1.165, 1.54) is 10.9 Å². The fraction of sp³-hybridized carbons (Fsp3) is 0.308. The quantitative estimate of drug-likeness (QED) is 0.749. The van der Waals surface area contributed by atoms with Gasteiger partial charge in [0.05, 0.1) is 5.56 Å². The third kappa shape index (κ3) is 2.69. The van der Waals surface area contributed by atoms with Gasteiger partial charge in [-0.05, 0) is 24.3 Å². The summed E-state index contributed by atoms with van der Waals surface area (Å²) in [5.41, 5.74) is 0.657. The number of aromatic nitrogens is 1. The molecular formula is C13H14FNS2. The number of rotatable bonds is 4. The minimum absolute atomic E-state index is 0.180. The lowest BCUT2D eigenvalue weighted by Crippen LogP contribution is -1.87. The van der Waals surface area contributed by atoms with Crippen LogP contribution >= 0.6 is 23.1 Å². The lowest BCUT2D eigenvalue weighted by atomic mass is 10.2. The second kappa shape index (κ2) is 5.65. The molecule has 0 spiro atoms. The van der Waals surface area contributed by atoms with Crippen LogP contribution in [0.2, 0.25) is 0 Å². The van der Waals surface area contributed by atoms with Crippen LogP contribution in [-0.4, -0.2) is 10.7 Å². The second-order valence-corrected chi connectivity index (χ2v) is 5.95. The van der Waals surface area contributed by atoms with Gasteiger partial charge in [0.15, 0.2) is 0 Å². The van der Waals surface area contributed by atoms with E-state index in [0.717, 1.165) is 22.1 Å². The summed E-state index contributed by atoms with van der Waals surface area (Å²) < 4.78 is 13.9. The van der Waals surface area contributed by atoms with Gasteiger partial charge in [0, 0.05) is 16.0 Å². The maximum Gasteiger partial charge on any atom is 0.134 e. The zero-order valence-electron chi connectivity index (χ0n) is 9.87. The van der Waals surface area contributed by atoms with E-state index < -0.39 is 0 Å². The van der Waals surface area contributed by atoms with Crippen molar-refractivity contribution in [1.29, 1.82) is 0 Å². The van der Waals surface area contributed by atoms with Gasteiger partial charge < -0.3 is 0 Å². The molecule has 0 bridgehead atoms. The fourth-order valence-corrected chi connectivity index (χ4v) is 3.38. The Balaban J connectivity index is 2.48. The molecular weight excluding hydrogens is 253 g/mol. The van der Waals surface area contributed by atoms with Crippen LogP contribution < -0.4 is 0 Å². The normalized spacial score (nSPS) is 10.8. The third-order valence-corrected chi connectivity index (χ3v) is 4.49. The molecule has 0 saturated carbocycles. The molecule has 0 radical (unpaired) electrons. The van der Waals surface area contributed by atoms with Crippen molar-refractivity contribution < 1.29 is 4.39 Å². The van der Waals surface area contributed by atoms with Crippen molar-refractivity contribution >= 4 is 23.1 Å². The van der Waals surface area contributed by atoms with E-state index in [-0.39, 0.29) is 5.82 Å². The lowest BCUT2D eigenvalue weighted by molar-refractivity contribution is 0.628. The molecule has 4 heteroatoms. The summed E-state index contributed by atoms with van der Waals surface area (Å²) in [5.74, 6) is 0.753. The molecule has 2 aromatic rings. The summed E-state index contributed by atoms with van der Waals surface area (Å²) in [4.78, 5) is 6.49. The van der Waals surface area contributed by atoms with E-state index in [2.05, 4.69) is 18.8 Å². The van der Waals surface area contributed by atoms with Crippen molar-refractivity contribution in [1.82, 2.24) is 4.98 Å². The predicted octanol–water partition coefficient (Wildman–Crippen LogP) is 4.62. The molecule has 1 aromatic carbocycles. The van der Waals surface area contributed by atoms with Crippen LogP contribution in [0.15, 0.2) is 29.3 Å². The Labute approximate surface area is 109 Å². The standard InChI is InChI=1S/C13H14FNS2/c1-3-9-8-15-13(17-9)12-10(14)6-5-7-11(12)16-4-2/h5-8H,3-4H2,1-2H3. The molecule has 1 nitrogen and oxygen atoms in total. The number of thioether (sulfide) groups is 1. The number of thiazole rings is 1. The smallest absolute Gasteiger partial charge is 0.134 e. The molecule has 0 unspecified atom stereocenters. The number of benzene rings is 1. The van der Waals surface area contributed by atoms with Gasteiger partial charge >= 0.3 is 0 Å². The van der Waals surface area contributed by atoms with Gasteiger partial charge in [0.25, 0.3) is 0 Å². The average Bonchev–Trinajstić information content (AvgIpc) is 2.78. The average molecular weight is 267 g/mol. The van der Waals surface area contributed by atoms with Crippen LogP contribution in [0, 0.1) is 5.82 Å². The SMILES string of the molecule is CCSc1cccc(F)c1-c1ncc(CC)s1. The van der Waals surface area contributed by atoms with Crippen molar-refractivity contribution in [3.63, 3.8) is 0 Å². The molecule has 90 valence electrons. The molecule has 0 fully saturated rings. The molecule has 0 aliphatic carbocycles. The Hall–Kier alpha value is -0.870. The van der Waals surface area contributed by atoms with Gasteiger partial charge in [-0.1, -0.05) is 19.9 Å². The highest BCUT2D eigenvalue weighted by molar-refractivity contribution is 7.99.